The Labute approximate surface area is 191 Å². The summed E-state index contributed by atoms with van der Waals surface area (Å²) in [5, 5.41) is 15.6. The van der Waals surface area contributed by atoms with Crippen LogP contribution in [0.3, 0.4) is 0 Å². The molecule has 1 saturated carbocycles. The lowest BCUT2D eigenvalue weighted by Gasteiger charge is -2.52. The number of carbonyl (C=O) groups is 2. The average molecular weight is 437 g/mol. The van der Waals surface area contributed by atoms with E-state index in [1.54, 1.807) is 12.1 Å². The van der Waals surface area contributed by atoms with Crippen molar-refractivity contribution in [2.24, 2.45) is 10.8 Å². The van der Waals surface area contributed by atoms with Crippen LogP contribution >= 0.6 is 0 Å². The second-order valence-corrected chi connectivity index (χ2v) is 10.3. The molecule has 0 bridgehead atoms. The van der Waals surface area contributed by atoms with E-state index in [2.05, 4.69) is 37.5 Å². The van der Waals surface area contributed by atoms with Crippen molar-refractivity contribution < 1.29 is 14.7 Å². The monoisotopic (exact) mass is 436 g/mol. The summed E-state index contributed by atoms with van der Waals surface area (Å²) in [5.74, 6) is -0.947. The lowest BCUT2D eigenvalue weighted by Crippen LogP contribution is -2.50. The molecule has 0 spiro atoms. The number of carbonyl (C=O) groups excluding carboxylic acids is 1. The van der Waals surface area contributed by atoms with E-state index in [0.29, 0.717) is 0 Å². The van der Waals surface area contributed by atoms with Crippen molar-refractivity contribution in [2.75, 3.05) is 5.32 Å². The van der Waals surface area contributed by atoms with Crippen molar-refractivity contribution in [1.82, 2.24) is 5.32 Å². The first-order chi connectivity index (χ1) is 15.0. The van der Waals surface area contributed by atoms with Crippen molar-refractivity contribution in [3.8, 4) is 0 Å². The van der Waals surface area contributed by atoms with E-state index < -0.39 is 5.97 Å². The van der Waals surface area contributed by atoms with Gasteiger partial charge in [0.05, 0.1) is 11.6 Å². The summed E-state index contributed by atoms with van der Waals surface area (Å²) in [7, 11) is 0. The lowest BCUT2D eigenvalue weighted by atomic mass is 9.54. The number of aryl methyl sites for hydroxylation is 2. The van der Waals surface area contributed by atoms with Crippen LogP contribution in [0.5, 0.6) is 0 Å². The van der Waals surface area contributed by atoms with Gasteiger partial charge in [0.15, 0.2) is 0 Å². The fourth-order valence-corrected chi connectivity index (χ4v) is 5.36. The molecule has 1 unspecified atom stereocenters. The van der Waals surface area contributed by atoms with Crippen LogP contribution in [0.4, 0.5) is 10.5 Å². The fraction of sp³-hybridized carbons (Fsp3) is 0.481. The van der Waals surface area contributed by atoms with Crippen LogP contribution in [0.1, 0.15) is 86.0 Å². The highest BCUT2D eigenvalue weighted by Gasteiger charge is 2.49. The third-order valence-corrected chi connectivity index (χ3v) is 7.04. The molecule has 2 aromatic rings. The van der Waals surface area contributed by atoms with Crippen LogP contribution in [-0.4, -0.2) is 17.1 Å². The molecule has 0 saturated heterocycles. The number of amides is 2. The second-order valence-electron chi connectivity index (χ2n) is 10.3. The van der Waals surface area contributed by atoms with E-state index in [1.807, 2.05) is 38.1 Å². The van der Waals surface area contributed by atoms with Crippen LogP contribution in [-0.2, 0) is 0 Å². The van der Waals surface area contributed by atoms with Gasteiger partial charge in [0.1, 0.15) is 0 Å². The Bertz CT molecular complexity index is 947. The van der Waals surface area contributed by atoms with E-state index in [1.165, 1.54) is 6.42 Å². The van der Waals surface area contributed by atoms with Crippen LogP contribution in [0.2, 0.25) is 0 Å². The highest BCUT2D eigenvalue weighted by atomic mass is 16.4. The minimum atomic E-state index is -0.947. The maximum Gasteiger partial charge on any atom is 0.335 e. The SMILES string of the molecule is Cc1cc(C)cc(NC(=O)NC(c2ccc(C(=O)O)cc2)C2(C(C)(C)C)CCCCC2)c1. The smallest absolute Gasteiger partial charge is 0.335 e. The number of aromatic carboxylic acids is 1. The number of anilines is 1. The molecule has 5 nitrogen and oxygen atoms in total. The number of rotatable bonds is 5. The molecule has 1 aliphatic carbocycles. The first kappa shape index (κ1) is 23.8. The van der Waals surface area contributed by atoms with Crippen molar-refractivity contribution in [3.05, 3.63) is 64.7 Å². The van der Waals surface area contributed by atoms with Crippen LogP contribution in [0.25, 0.3) is 0 Å². The highest BCUT2D eigenvalue weighted by molar-refractivity contribution is 5.90. The molecule has 5 heteroatoms. The molecule has 1 atom stereocenters. The summed E-state index contributed by atoms with van der Waals surface area (Å²) in [6, 6.07) is 12.5. The second kappa shape index (κ2) is 9.35. The molecule has 1 aliphatic rings. The van der Waals surface area contributed by atoms with Gasteiger partial charge in [-0.05, 0) is 78.5 Å². The van der Waals surface area contributed by atoms with Crippen LogP contribution < -0.4 is 10.6 Å². The predicted octanol–water partition coefficient (Wildman–Crippen LogP) is 6.86. The van der Waals surface area contributed by atoms with Gasteiger partial charge >= 0.3 is 12.0 Å². The van der Waals surface area contributed by atoms with E-state index in [9.17, 15) is 14.7 Å². The van der Waals surface area contributed by atoms with E-state index in [0.717, 1.165) is 48.1 Å². The van der Waals surface area contributed by atoms with Crippen molar-refractivity contribution >= 4 is 17.7 Å². The number of carboxylic acid groups (broad SMARTS) is 1. The Kier molecular flexibility index (Phi) is 6.97. The molecule has 1 fully saturated rings. The summed E-state index contributed by atoms with van der Waals surface area (Å²) in [5.41, 5.74) is 3.99. The maximum atomic E-state index is 13.2. The lowest BCUT2D eigenvalue weighted by molar-refractivity contribution is 0.00126. The summed E-state index contributed by atoms with van der Waals surface area (Å²) >= 11 is 0. The van der Waals surface area contributed by atoms with Gasteiger partial charge in [-0.25, -0.2) is 9.59 Å². The number of benzene rings is 2. The molecule has 0 aromatic heterocycles. The van der Waals surface area contributed by atoms with Gasteiger partial charge in [0.25, 0.3) is 0 Å². The third kappa shape index (κ3) is 5.14. The number of carboxylic acids is 1. The zero-order valence-electron chi connectivity index (χ0n) is 19.9. The van der Waals surface area contributed by atoms with E-state index >= 15 is 0 Å². The van der Waals surface area contributed by atoms with Crippen LogP contribution in [0.15, 0.2) is 42.5 Å². The molecule has 2 amide bonds. The molecule has 0 radical (unpaired) electrons. The standard InChI is InChI=1S/C27H36N2O3/c1-18-15-19(2)17-22(16-18)28-25(32)29-23(20-9-11-21(12-10-20)24(30)31)27(26(3,4)5)13-7-6-8-14-27/h9-12,15-17,23H,6-8,13-14H2,1-5H3,(H,30,31)(H2,28,29,32). The molecular formula is C27H36N2O3. The predicted molar refractivity (Wildman–Crippen MR) is 129 cm³/mol. The number of urea groups is 1. The van der Waals surface area contributed by atoms with Gasteiger partial charge in [0.2, 0.25) is 0 Å². The molecule has 0 aliphatic heterocycles. The Hall–Kier alpha value is -2.82. The van der Waals surface area contributed by atoms with Crippen LogP contribution in [0, 0.1) is 24.7 Å². The number of nitrogens with one attached hydrogen (secondary N) is 2. The molecule has 0 heterocycles. The number of hydrogen-bond acceptors (Lipinski definition) is 2. The Morgan fingerprint density at radius 1 is 0.938 bits per heavy atom. The maximum absolute atomic E-state index is 13.2. The topological polar surface area (TPSA) is 78.4 Å². The first-order valence-electron chi connectivity index (χ1n) is 11.5. The summed E-state index contributed by atoms with van der Waals surface area (Å²) in [6.07, 6.45) is 5.50. The summed E-state index contributed by atoms with van der Waals surface area (Å²) in [4.78, 5) is 24.6. The minimum Gasteiger partial charge on any atom is -0.478 e. The normalized spacial score (nSPS) is 16.8. The zero-order valence-corrected chi connectivity index (χ0v) is 19.9. The van der Waals surface area contributed by atoms with E-state index in [4.69, 9.17) is 0 Å². The summed E-state index contributed by atoms with van der Waals surface area (Å²) in [6.45, 7) is 10.8. The summed E-state index contributed by atoms with van der Waals surface area (Å²) < 4.78 is 0. The Morgan fingerprint density at radius 3 is 2.00 bits per heavy atom. The van der Waals surface area contributed by atoms with Gasteiger partial charge in [-0.1, -0.05) is 58.2 Å². The molecule has 3 N–H and O–H groups in total. The Morgan fingerprint density at radius 2 is 1.50 bits per heavy atom. The molecule has 2 aromatic carbocycles. The quantitative estimate of drug-likeness (QED) is 0.479. The van der Waals surface area contributed by atoms with Crippen molar-refractivity contribution in [2.45, 2.75) is 72.8 Å². The first-order valence-corrected chi connectivity index (χ1v) is 11.5. The highest BCUT2D eigenvalue weighted by Crippen LogP contribution is 2.56. The van der Waals surface area contributed by atoms with Crippen molar-refractivity contribution in [1.29, 1.82) is 0 Å². The number of hydrogen-bond donors (Lipinski definition) is 3. The van der Waals surface area contributed by atoms with Crippen molar-refractivity contribution in [3.63, 3.8) is 0 Å². The zero-order chi connectivity index (χ0) is 23.5. The molecule has 32 heavy (non-hydrogen) atoms. The van der Waals surface area contributed by atoms with Gasteiger partial charge in [0, 0.05) is 5.69 Å². The van der Waals surface area contributed by atoms with E-state index in [-0.39, 0.29) is 28.5 Å². The largest absolute Gasteiger partial charge is 0.478 e. The Balaban J connectivity index is 1.97. The fourth-order valence-electron chi connectivity index (χ4n) is 5.36. The molecular weight excluding hydrogens is 400 g/mol. The average Bonchev–Trinajstić information content (AvgIpc) is 2.71. The van der Waals surface area contributed by atoms with Gasteiger partial charge < -0.3 is 15.7 Å². The van der Waals surface area contributed by atoms with Gasteiger partial charge in [-0.15, -0.1) is 0 Å². The van der Waals surface area contributed by atoms with Gasteiger partial charge in [-0.2, -0.15) is 0 Å². The van der Waals surface area contributed by atoms with Gasteiger partial charge in [-0.3, -0.25) is 0 Å². The minimum absolute atomic E-state index is 0.0449. The third-order valence-electron chi connectivity index (χ3n) is 7.04. The molecule has 172 valence electrons. The molecule has 3 rings (SSSR count).